The van der Waals surface area contributed by atoms with Crippen molar-refractivity contribution in [3.63, 3.8) is 0 Å². The van der Waals surface area contributed by atoms with Gasteiger partial charge in [0.2, 0.25) is 0 Å². The number of nitrogens with zero attached hydrogens (tertiary/aromatic N) is 1. The van der Waals surface area contributed by atoms with Crippen LogP contribution < -0.4 is 4.74 Å². The van der Waals surface area contributed by atoms with Crippen LogP contribution in [0.1, 0.15) is 64.9 Å². The van der Waals surface area contributed by atoms with Crippen molar-refractivity contribution in [1.29, 1.82) is 0 Å². The van der Waals surface area contributed by atoms with Gasteiger partial charge in [-0.2, -0.15) is 0 Å². The van der Waals surface area contributed by atoms with Crippen LogP contribution in [0.4, 0.5) is 0 Å². The fourth-order valence-electron chi connectivity index (χ4n) is 2.98. The molecule has 0 spiro atoms. The number of benzene rings is 1. The van der Waals surface area contributed by atoms with Crippen molar-refractivity contribution in [2.24, 2.45) is 5.92 Å². The summed E-state index contributed by atoms with van der Waals surface area (Å²) in [6.45, 7) is 9.21. The Morgan fingerprint density at radius 1 is 0.893 bits per heavy atom. The van der Waals surface area contributed by atoms with Crippen LogP contribution in [0.25, 0.3) is 11.3 Å². The van der Waals surface area contributed by atoms with Gasteiger partial charge in [0.05, 0.1) is 12.3 Å². The quantitative estimate of drug-likeness (QED) is 0.340. The van der Waals surface area contributed by atoms with Crippen molar-refractivity contribution in [2.45, 2.75) is 65.7 Å². The molecule has 3 heteroatoms. The molecule has 0 radical (unpaired) electrons. The van der Waals surface area contributed by atoms with Crippen LogP contribution >= 0.6 is 0 Å². The average Bonchev–Trinajstić information content (AvgIpc) is 2.74. The average molecular weight is 384 g/mol. The van der Waals surface area contributed by atoms with Crippen molar-refractivity contribution >= 4 is 0 Å². The molecule has 28 heavy (non-hydrogen) atoms. The van der Waals surface area contributed by atoms with Gasteiger partial charge in [-0.3, -0.25) is 4.98 Å². The molecule has 2 aromatic rings. The van der Waals surface area contributed by atoms with E-state index in [2.05, 4.69) is 50.0 Å². The van der Waals surface area contributed by atoms with E-state index in [9.17, 15) is 0 Å². The summed E-state index contributed by atoms with van der Waals surface area (Å²) < 4.78 is 11.5. The lowest BCUT2D eigenvalue weighted by atomic mass is 10.1. The lowest BCUT2D eigenvalue weighted by Gasteiger charge is -2.10. The van der Waals surface area contributed by atoms with Gasteiger partial charge in [0, 0.05) is 25.0 Å². The smallest absolute Gasteiger partial charge is 0.119 e. The molecule has 2 rings (SSSR count). The van der Waals surface area contributed by atoms with Crippen LogP contribution in [0.5, 0.6) is 5.75 Å². The maximum Gasteiger partial charge on any atom is 0.119 e. The molecule has 0 bridgehead atoms. The fraction of sp³-hybridized carbons (Fsp3) is 0.560. The van der Waals surface area contributed by atoms with Gasteiger partial charge in [-0.1, -0.05) is 46.1 Å². The normalized spacial score (nSPS) is 12.1. The zero-order valence-electron chi connectivity index (χ0n) is 18.0. The first-order valence-corrected chi connectivity index (χ1v) is 11.0. The second-order valence-corrected chi connectivity index (χ2v) is 7.65. The van der Waals surface area contributed by atoms with Gasteiger partial charge in [-0.25, -0.2) is 0 Å². The van der Waals surface area contributed by atoms with E-state index in [0.717, 1.165) is 62.0 Å². The Labute approximate surface area is 171 Å². The van der Waals surface area contributed by atoms with E-state index in [0.29, 0.717) is 0 Å². The zero-order chi connectivity index (χ0) is 20.0. The van der Waals surface area contributed by atoms with Crippen molar-refractivity contribution in [1.82, 2.24) is 4.98 Å². The van der Waals surface area contributed by atoms with Crippen LogP contribution in [0, 0.1) is 5.92 Å². The summed E-state index contributed by atoms with van der Waals surface area (Å²) in [4.78, 5) is 4.63. The van der Waals surface area contributed by atoms with E-state index in [4.69, 9.17) is 9.47 Å². The molecule has 3 nitrogen and oxygen atoms in total. The summed E-state index contributed by atoms with van der Waals surface area (Å²) in [7, 11) is 0. The number of hydrogen-bond donors (Lipinski definition) is 0. The Hall–Kier alpha value is -1.87. The molecule has 0 saturated carbocycles. The number of unbranched alkanes of at least 4 members (excludes halogenated alkanes) is 2. The second kappa shape index (κ2) is 13.3. The van der Waals surface area contributed by atoms with Gasteiger partial charge in [0.15, 0.2) is 0 Å². The van der Waals surface area contributed by atoms with Crippen molar-refractivity contribution in [2.75, 3.05) is 19.8 Å². The minimum absolute atomic E-state index is 0.717. The topological polar surface area (TPSA) is 31.4 Å². The highest BCUT2D eigenvalue weighted by molar-refractivity contribution is 5.60. The lowest BCUT2D eigenvalue weighted by molar-refractivity contribution is 0.128. The summed E-state index contributed by atoms with van der Waals surface area (Å²) in [6, 6.07) is 12.5. The van der Waals surface area contributed by atoms with Gasteiger partial charge in [0.25, 0.3) is 0 Å². The third-order valence-electron chi connectivity index (χ3n) is 5.20. The lowest BCUT2D eigenvalue weighted by Crippen LogP contribution is -2.03. The predicted molar refractivity (Wildman–Crippen MR) is 118 cm³/mol. The molecule has 0 N–H and O–H groups in total. The molecule has 1 heterocycles. The standard InChI is InChI=1S/C25H37NO2/c1-4-6-7-17-27-18-8-9-22-10-15-25(26-20-22)23-11-13-24(14-12-23)28-19-16-21(3)5-2/h10-15,20-21H,4-9,16-19H2,1-3H3. The fourth-order valence-corrected chi connectivity index (χ4v) is 2.98. The predicted octanol–water partition coefficient (Wildman–Crippen LogP) is 6.70. The second-order valence-electron chi connectivity index (χ2n) is 7.65. The Morgan fingerprint density at radius 3 is 2.36 bits per heavy atom. The molecule has 1 atom stereocenters. The first-order chi connectivity index (χ1) is 13.7. The molecule has 154 valence electrons. The number of rotatable bonds is 14. The Balaban J connectivity index is 1.73. The molecule has 0 aliphatic rings. The molecule has 1 unspecified atom stereocenters. The molecular weight excluding hydrogens is 346 g/mol. The molecule has 1 aromatic heterocycles. The molecule has 0 saturated heterocycles. The molecule has 0 amide bonds. The summed E-state index contributed by atoms with van der Waals surface area (Å²) in [5.41, 5.74) is 3.40. The Bertz CT molecular complexity index is 637. The van der Waals surface area contributed by atoms with E-state index in [1.54, 1.807) is 0 Å². The minimum atomic E-state index is 0.717. The number of aromatic nitrogens is 1. The van der Waals surface area contributed by atoms with Crippen LogP contribution in [0.2, 0.25) is 0 Å². The first kappa shape index (κ1) is 22.4. The molecule has 0 aliphatic heterocycles. The number of hydrogen-bond acceptors (Lipinski definition) is 3. The Kier molecular flexibility index (Phi) is 10.7. The summed E-state index contributed by atoms with van der Waals surface area (Å²) in [5.74, 6) is 1.65. The highest BCUT2D eigenvalue weighted by Gasteiger charge is 2.03. The summed E-state index contributed by atoms with van der Waals surface area (Å²) in [6.07, 6.45) is 10.0. The highest BCUT2D eigenvalue weighted by atomic mass is 16.5. The largest absolute Gasteiger partial charge is 0.494 e. The van der Waals surface area contributed by atoms with Gasteiger partial charge in [-0.05, 0) is 67.5 Å². The van der Waals surface area contributed by atoms with E-state index < -0.39 is 0 Å². The number of pyridine rings is 1. The maximum atomic E-state index is 5.84. The van der Waals surface area contributed by atoms with E-state index in [1.165, 1.54) is 31.2 Å². The van der Waals surface area contributed by atoms with Crippen LogP contribution in [0.3, 0.4) is 0 Å². The first-order valence-electron chi connectivity index (χ1n) is 11.0. The van der Waals surface area contributed by atoms with Crippen molar-refractivity contribution in [3.8, 4) is 17.0 Å². The van der Waals surface area contributed by atoms with Crippen LogP contribution in [-0.4, -0.2) is 24.8 Å². The number of aryl methyl sites for hydroxylation is 1. The minimum Gasteiger partial charge on any atom is -0.494 e. The van der Waals surface area contributed by atoms with Gasteiger partial charge in [0.1, 0.15) is 5.75 Å². The van der Waals surface area contributed by atoms with Crippen LogP contribution in [-0.2, 0) is 11.2 Å². The van der Waals surface area contributed by atoms with Crippen molar-refractivity contribution < 1.29 is 9.47 Å². The van der Waals surface area contributed by atoms with Gasteiger partial charge >= 0.3 is 0 Å². The SMILES string of the molecule is CCCCCOCCCc1ccc(-c2ccc(OCCC(C)CC)cc2)nc1. The molecular formula is C25H37NO2. The molecule has 1 aromatic carbocycles. The van der Waals surface area contributed by atoms with Gasteiger partial charge < -0.3 is 9.47 Å². The highest BCUT2D eigenvalue weighted by Crippen LogP contribution is 2.21. The molecule has 0 aliphatic carbocycles. The van der Waals surface area contributed by atoms with E-state index >= 15 is 0 Å². The third kappa shape index (κ3) is 8.43. The molecule has 0 fully saturated rings. The number of ether oxygens (including phenoxy) is 2. The monoisotopic (exact) mass is 383 g/mol. The summed E-state index contributed by atoms with van der Waals surface area (Å²) >= 11 is 0. The van der Waals surface area contributed by atoms with E-state index in [1.807, 2.05) is 18.3 Å². The van der Waals surface area contributed by atoms with Crippen molar-refractivity contribution in [3.05, 3.63) is 48.2 Å². The zero-order valence-corrected chi connectivity index (χ0v) is 18.0. The Morgan fingerprint density at radius 2 is 1.68 bits per heavy atom. The van der Waals surface area contributed by atoms with Gasteiger partial charge in [-0.15, -0.1) is 0 Å². The third-order valence-corrected chi connectivity index (χ3v) is 5.20. The van der Waals surface area contributed by atoms with E-state index in [-0.39, 0.29) is 0 Å². The van der Waals surface area contributed by atoms with Crippen LogP contribution in [0.15, 0.2) is 42.6 Å². The summed E-state index contributed by atoms with van der Waals surface area (Å²) in [5, 5.41) is 0. The maximum absolute atomic E-state index is 5.84.